The number of methoxy groups -OCH3 is 1. The van der Waals surface area contributed by atoms with Gasteiger partial charge in [0.1, 0.15) is 0 Å². The Bertz CT molecular complexity index is 1160. The first-order valence-corrected chi connectivity index (χ1v) is 10.5. The topological polar surface area (TPSA) is 111 Å². The Kier molecular flexibility index (Phi) is 5.35. The third kappa shape index (κ3) is 2.71. The summed E-state index contributed by atoms with van der Waals surface area (Å²) in [6, 6.07) is 11.3. The molecule has 2 heterocycles. The van der Waals surface area contributed by atoms with Crippen molar-refractivity contribution < 1.29 is 33.4 Å². The fourth-order valence-corrected chi connectivity index (χ4v) is 4.85. The molecule has 9 heteroatoms. The van der Waals surface area contributed by atoms with Crippen molar-refractivity contribution in [2.45, 2.75) is 24.8 Å². The Morgan fingerprint density at radius 1 is 0.970 bits per heavy atom. The van der Waals surface area contributed by atoms with Gasteiger partial charge in [0.25, 0.3) is 5.91 Å². The summed E-state index contributed by atoms with van der Waals surface area (Å²) < 4.78 is 15.6. The Labute approximate surface area is 190 Å². The number of likely N-dealkylation sites (N-methyl/N-ethyl adjacent to an activating group) is 1. The number of amides is 1. The number of benzene rings is 2. The molecule has 2 aromatic carbocycles. The van der Waals surface area contributed by atoms with Gasteiger partial charge in [0, 0.05) is 29.5 Å². The Morgan fingerprint density at radius 2 is 1.61 bits per heavy atom. The van der Waals surface area contributed by atoms with Crippen LogP contribution in [0.1, 0.15) is 35.3 Å². The third-order valence-electron chi connectivity index (χ3n) is 6.19. The van der Waals surface area contributed by atoms with Gasteiger partial charge in [-0.2, -0.15) is 0 Å². The fraction of sp³-hybridized carbons (Fsp3) is 0.333. The monoisotopic (exact) mass is 452 g/mol. The van der Waals surface area contributed by atoms with Crippen LogP contribution in [0, 0.1) is 0 Å². The van der Waals surface area contributed by atoms with Crippen molar-refractivity contribution in [1.82, 2.24) is 0 Å². The van der Waals surface area contributed by atoms with Gasteiger partial charge >= 0.3 is 17.9 Å². The average molecular weight is 452 g/mol. The van der Waals surface area contributed by atoms with Crippen LogP contribution in [0.15, 0.2) is 42.5 Å². The van der Waals surface area contributed by atoms with Crippen LogP contribution in [-0.2, 0) is 39.5 Å². The molecular formula is C24H24N2O7. The van der Waals surface area contributed by atoms with Crippen LogP contribution in [0.3, 0.4) is 0 Å². The maximum Gasteiger partial charge on any atom is 0.337 e. The lowest BCUT2D eigenvalue weighted by atomic mass is 9.64. The number of fused-ring (bicyclic) bond motifs is 3. The van der Waals surface area contributed by atoms with Gasteiger partial charge in [0.05, 0.1) is 25.9 Å². The van der Waals surface area contributed by atoms with Gasteiger partial charge in [-0.05, 0) is 32.0 Å². The molecule has 0 unspecified atom stereocenters. The zero-order valence-electron chi connectivity index (χ0n) is 18.8. The number of hydrogen-bond donors (Lipinski definition) is 1. The van der Waals surface area contributed by atoms with E-state index >= 15 is 0 Å². The minimum absolute atomic E-state index is 0.0165. The smallest absolute Gasteiger partial charge is 0.337 e. The number of nitrogens with zero attached hydrogens (tertiary/aromatic N) is 1. The summed E-state index contributed by atoms with van der Waals surface area (Å²) in [5.74, 6) is -2.97. The first kappa shape index (κ1) is 22.3. The predicted octanol–water partition coefficient (Wildman–Crippen LogP) is 2.13. The summed E-state index contributed by atoms with van der Waals surface area (Å²) in [5, 5.41) is 3.13. The number of rotatable bonds is 5. The van der Waals surface area contributed by atoms with E-state index in [9.17, 15) is 19.2 Å². The van der Waals surface area contributed by atoms with E-state index in [2.05, 4.69) is 5.32 Å². The van der Waals surface area contributed by atoms with E-state index in [0.29, 0.717) is 11.3 Å². The molecule has 0 saturated heterocycles. The zero-order chi connectivity index (χ0) is 24.0. The second-order valence-electron chi connectivity index (χ2n) is 7.70. The second-order valence-corrected chi connectivity index (χ2v) is 7.70. The summed E-state index contributed by atoms with van der Waals surface area (Å²) in [7, 11) is 2.82. The van der Waals surface area contributed by atoms with E-state index < -0.39 is 34.8 Å². The minimum atomic E-state index is -2.18. The van der Waals surface area contributed by atoms with E-state index in [0.717, 1.165) is 0 Å². The van der Waals surface area contributed by atoms with Crippen molar-refractivity contribution in [3.63, 3.8) is 0 Å². The summed E-state index contributed by atoms with van der Waals surface area (Å²) in [6.45, 7) is 3.20. The van der Waals surface area contributed by atoms with Crippen LogP contribution >= 0.6 is 0 Å². The molecule has 0 fully saturated rings. The molecule has 0 aliphatic carbocycles. The van der Waals surface area contributed by atoms with Gasteiger partial charge in [-0.1, -0.05) is 24.3 Å². The van der Waals surface area contributed by atoms with Crippen molar-refractivity contribution >= 4 is 35.2 Å². The molecule has 1 amide bonds. The predicted molar refractivity (Wildman–Crippen MR) is 118 cm³/mol. The van der Waals surface area contributed by atoms with Crippen molar-refractivity contribution in [3.05, 3.63) is 59.2 Å². The standard InChI is InChI=1S/C24H24N2O7/c1-5-32-21(29)23(22(30)33-6-2)15-12-11-14(19(27)31-4)13-17(15)25-24(23)16-9-7-8-10-18(16)26(3)20(24)28/h7-13,25H,5-6H2,1-4H3/t24-/m0/s1. The van der Waals surface area contributed by atoms with Crippen molar-refractivity contribution in [2.75, 3.05) is 37.6 Å². The Hall–Kier alpha value is -3.88. The van der Waals surface area contributed by atoms with E-state index in [1.54, 1.807) is 45.2 Å². The molecule has 172 valence electrons. The SMILES string of the molecule is CCOC(=O)C1(C(=O)OCC)c2ccc(C(=O)OC)cc2N[C@@]12C(=O)N(C)c1ccccc12. The highest BCUT2D eigenvalue weighted by molar-refractivity contribution is 6.23. The molecule has 9 nitrogen and oxygen atoms in total. The largest absolute Gasteiger partial charge is 0.465 e. The van der Waals surface area contributed by atoms with Crippen LogP contribution in [-0.4, -0.2) is 51.2 Å². The number of carbonyl (C=O) groups is 4. The molecule has 0 radical (unpaired) electrons. The fourth-order valence-electron chi connectivity index (χ4n) is 4.85. The first-order chi connectivity index (χ1) is 15.8. The number of esters is 3. The Balaban J connectivity index is 2.11. The average Bonchev–Trinajstić information content (AvgIpc) is 3.24. The van der Waals surface area contributed by atoms with E-state index in [-0.39, 0.29) is 30.0 Å². The minimum Gasteiger partial charge on any atom is -0.465 e. The molecule has 2 aromatic rings. The molecule has 4 rings (SSSR count). The van der Waals surface area contributed by atoms with Gasteiger partial charge in [-0.15, -0.1) is 0 Å². The molecule has 1 spiro atoms. The lowest BCUT2D eigenvalue weighted by molar-refractivity contribution is -0.170. The highest BCUT2D eigenvalue weighted by Gasteiger charge is 2.76. The lowest BCUT2D eigenvalue weighted by Gasteiger charge is -2.38. The normalized spacial score (nSPS) is 19.5. The third-order valence-corrected chi connectivity index (χ3v) is 6.19. The Morgan fingerprint density at radius 3 is 2.21 bits per heavy atom. The van der Waals surface area contributed by atoms with Crippen LogP contribution in [0.5, 0.6) is 0 Å². The van der Waals surface area contributed by atoms with E-state index in [1.165, 1.54) is 30.2 Å². The lowest BCUT2D eigenvalue weighted by Crippen LogP contribution is -2.64. The maximum atomic E-state index is 13.9. The van der Waals surface area contributed by atoms with E-state index in [1.807, 2.05) is 0 Å². The maximum absolute atomic E-state index is 13.9. The summed E-state index contributed by atoms with van der Waals surface area (Å²) in [6.07, 6.45) is 0. The van der Waals surface area contributed by atoms with Gasteiger partial charge < -0.3 is 24.4 Å². The molecule has 0 aromatic heterocycles. The van der Waals surface area contributed by atoms with Gasteiger partial charge in [-0.25, -0.2) is 4.79 Å². The van der Waals surface area contributed by atoms with Crippen molar-refractivity contribution in [1.29, 1.82) is 0 Å². The van der Waals surface area contributed by atoms with Crippen LogP contribution in [0.4, 0.5) is 11.4 Å². The first-order valence-electron chi connectivity index (χ1n) is 10.5. The quantitative estimate of drug-likeness (QED) is 0.417. The van der Waals surface area contributed by atoms with Crippen LogP contribution < -0.4 is 10.2 Å². The molecule has 0 bridgehead atoms. The second kappa shape index (κ2) is 7.91. The van der Waals surface area contributed by atoms with Gasteiger partial charge in [0.2, 0.25) is 5.41 Å². The highest BCUT2D eigenvalue weighted by atomic mass is 16.6. The molecule has 2 aliphatic rings. The molecule has 0 saturated carbocycles. The number of para-hydroxylation sites is 1. The molecular weight excluding hydrogens is 428 g/mol. The number of anilines is 2. The summed E-state index contributed by atoms with van der Waals surface area (Å²) in [4.78, 5) is 54.9. The van der Waals surface area contributed by atoms with Gasteiger partial charge in [-0.3, -0.25) is 14.4 Å². The zero-order valence-corrected chi connectivity index (χ0v) is 18.8. The molecule has 1 N–H and O–H groups in total. The van der Waals surface area contributed by atoms with Crippen molar-refractivity contribution in [3.8, 4) is 0 Å². The van der Waals surface area contributed by atoms with E-state index in [4.69, 9.17) is 14.2 Å². The van der Waals surface area contributed by atoms with Crippen molar-refractivity contribution in [2.24, 2.45) is 0 Å². The molecule has 2 aliphatic heterocycles. The number of nitrogens with one attached hydrogen (secondary N) is 1. The van der Waals surface area contributed by atoms with Crippen LogP contribution in [0.2, 0.25) is 0 Å². The number of hydrogen-bond acceptors (Lipinski definition) is 8. The summed E-state index contributed by atoms with van der Waals surface area (Å²) in [5.41, 5.74) is -2.45. The molecule has 1 atom stereocenters. The highest BCUT2D eigenvalue weighted by Crippen LogP contribution is 2.59. The number of ether oxygens (including phenoxy) is 3. The van der Waals surface area contributed by atoms with Crippen LogP contribution in [0.25, 0.3) is 0 Å². The van der Waals surface area contributed by atoms with Gasteiger partial charge in [0.15, 0.2) is 5.54 Å². The molecule has 33 heavy (non-hydrogen) atoms. The summed E-state index contributed by atoms with van der Waals surface area (Å²) >= 11 is 0. The number of carbonyl (C=O) groups excluding carboxylic acids is 4.